The van der Waals surface area contributed by atoms with Crippen LogP contribution in [0.3, 0.4) is 0 Å². The summed E-state index contributed by atoms with van der Waals surface area (Å²) in [5.41, 5.74) is 0.534. The SMILES string of the molecule is Cn1cc([C@](C)(O)CNCc2cc(F)ccc2Br)cn1. The minimum absolute atomic E-state index is 0.274. The highest BCUT2D eigenvalue weighted by Gasteiger charge is 2.24. The summed E-state index contributed by atoms with van der Waals surface area (Å²) in [5, 5.41) is 17.6. The fourth-order valence-electron chi connectivity index (χ4n) is 1.92. The average molecular weight is 342 g/mol. The molecule has 0 aliphatic rings. The molecule has 0 aliphatic carbocycles. The van der Waals surface area contributed by atoms with Gasteiger partial charge >= 0.3 is 0 Å². The van der Waals surface area contributed by atoms with Crippen molar-refractivity contribution in [1.82, 2.24) is 15.1 Å². The molecule has 0 amide bonds. The molecule has 108 valence electrons. The summed E-state index contributed by atoms with van der Waals surface area (Å²) < 4.78 is 15.7. The van der Waals surface area contributed by atoms with Gasteiger partial charge in [0.25, 0.3) is 0 Å². The number of hydrogen-bond acceptors (Lipinski definition) is 3. The Morgan fingerprint density at radius 2 is 2.25 bits per heavy atom. The molecular formula is C14H17BrFN3O. The van der Waals surface area contributed by atoms with Gasteiger partial charge in [0.1, 0.15) is 11.4 Å². The molecular weight excluding hydrogens is 325 g/mol. The van der Waals surface area contributed by atoms with E-state index in [9.17, 15) is 9.50 Å². The topological polar surface area (TPSA) is 50.1 Å². The fraction of sp³-hybridized carbons (Fsp3) is 0.357. The number of aryl methyl sites for hydroxylation is 1. The summed E-state index contributed by atoms with van der Waals surface area (Å²) in [5.74, 6) is -0.274. The Bertz CT molecular complexity index is 598. The molecule has 4 nitrogen and oxygen atoms in total. The van der Waals surface area contributed by atoms with E-state index in [1.807, 2.05) is 0 Å². The Balaban J connectivity index is 1.97. The number of nitrogens with one attached hydrogen (secondary N) is 1. The van der Waals surface area contributed by atoms with Gasteiger partial charge in [-0.25, -0.2) is 4.39 Å². The number of aliphatic hydroxyl groups is 1. The minimum Gasteiger partial charge on any atom is -0.384 e. The minimum atomic E-state index is -1.02. The van der Waals surface area contributed by atoms with Gasteiger partial charge in [-0.3, -0.25) is 4.68 Å². The lowest BCUT2D eigenvalue weighted by molar-refractivity contribution is 0.0566. The van der Waals surface area contributed by atoms with Crippen molar-refractivity contribution < 1.29 is 9.50 Å². The maximum absolute atomic E-state index is 13.2. The highest BCUT2D eigenvalue weighted by Crippen LogP contribution is 2.20. The van der Waals surface area contributed by atoms with Gasteiger partial charge in [-0.05, 0) is 30.7 Å². The molecule has 6 heteroatoms. The van der Waals surface area contributed by atoms with Crippen molar-refractivity contribution in [3.8, 4) is 0 Å². The molecule has 20 heavy (non-hydrogen) atoms. The maximum Gasteiger partial charge on any atom is 0.123 e. The first-order chi connectivity index (χ1) is 9.38. The Kier molecular flexibility index (Phi) is 4.57. The molecule has 2 N–H and O–H groups in total. The predicted molar refractivity (Wildman–Crippen MR) is 78.6 cm³/mol. The lowest BCUT2D eigenvalue weighted by atomic mass is 9.99. The van der Waals surface area contributed by atoms with Gasteiger partial charge in [-0.2, -0.15) is 5.10 Å². The molecule has 2 aromatic rings. The molecule has 0 aliphatic heterocycles. The maximum atomic E-state index is 13.2. The van der Waals surface area contributed by atoms with E-state index in [1.165, 1.54) is 12.1 Å². The average Bonchev–Trinajstić information content (AvgIpc) is 2.81. The van der Waals surface area contributed by atoms with Crippen LogP contribution in [0.15, 0.2) is 35.1 Å². The highest BCUT2D eigenvalue weighted by molar-refractivity contribution is 9.10. The quantitative estimate of drug-likeness (QED) is 0.877. The van der Waals surface area contributed by atoms with Crippen LogP contribution in [0.2, 0.25) is 0 Å². The smallest absolute Gasteiger partial charge is 0.123 e. The first kappa shape index (κ1) is 15.2. The van der Waals surface area contributed by atoms with Crippen LogP contribution in [-0.4, -0.2) is 21.4 Å². The Labute approximate surface area is 125 Å². The van der Waals surface area contributed by atoms with Crippen LogP contribution in [0, 0.1) is 5.82 Å². The number of hydrogen-bond donors (Lipinski definition) is 2. The van der Waals surface area contributed by atoms with Gasteiger partial charge in [-0.15, -0.1) is 0 Å². The van der Waals surface area contributed by atoms with Gasteiger partial charge in [0.05, 0.1) is 6.20 Å². The molecule has 1 aromatic heterocycles. The molecule has 2 rings (SSSR count). The number of rotatable bonds is 5. The molecule has 1 atom stereocenters. The van der Waals surface area contributed by atoms with Gasteiger partial charge in [0, 0.05) is 36.4 Å². The van der Waals surface area contributed by atoms with Gasteiger partial charge in [0.2, 0.25) is 0 Å². The van der Waals surface area contributed by atoms with E-state index in [1.54, 1.807) is 37.1 Å². The summed E-state index contributed by atoms with van der Waals surface area (Å²) >= 11 is 3.38. The first-order valence-corrected chi connectivity index (χ1v) is 7.04. The van der Waals surface area contributed by atoms with Crippen molar-refractivity contribution in [3.63, 3.8) is 0 Å². The van der Waals surface area contributed by atoms with Crippen LogP contribution in [-0.2, 0) is 19.2 Å². The molecule has 0 saturated heterocycles. The Morgan fingerprint density at radius 3 is 2.90 bits per heavy atom. The van der Waals surface area contributed by atoms with E-state index in [-0.39, 0.29) is 5.82 Å². The van der Waals surface area contributed by atoms with Gasteiger partial charge in [-0.1, -0.05) is 15.9 Å². The third kappa shape index (κ3) is 3.65. The Hall–Kier alpha value is -1.24. The summed E-state index contributed by atoms with van der Waals surface area (Å²) in [4.78, 5) is 0. The first-order valence-electron chi connectivity index (χ1n) is 6.24. The van der Waals surface area contributed by atoms with Crippen LogP contribution in [0.25, 0.3) is 0 Å². The van der Waals surface area contributed by atoms with Crippen molar-refractivity contribution in [3.05, 3.63) is 52.0 Å². The fourth-order valence-corrected chi connectivity index (χ4v) is 2.31. The standard InChI is InChI=1S/C14H17BrFN3O/c1-14(20,11-7-18-19(2)8-11)9-17-6-10-5-12(16)3-4-13(10)15/h3-5,7-8,17,20H,6,9H2,1-2H3/t14-/m1/s1. The molecule has 0 unspecified atom stereocenters. The van der Waals surface area contributed by atoms with Gasteiger partial charge < -0.3 is 10.4 Å². The highest BCUT2D eigenvalue weighted by atomic mass is 79.9. The second kappa shape index (κ2) is 6.03. The largest absolute Gasteiger partial charge is 0.384 e. The summed E-state index contributed by atoms with van der Waals surface area (Å²) in [7, 11) is 1.80. The zero-order valence-electron chi connectivity index (χ0n) is 11.4. The predicted octanol–water partition coefficient (Wildman–Crippen LogP) is 2.32. The second-order valence-corrected chi connectivity index (χ2v) is 5.87. The van der Waals surface area contributed by atoms with E-state index in [4.69, 9.17) is 0 Å². The molecule has 1 heterocycles. The third-order valence-electron chi connectivity index (χ3n) is 3.12. The Morgan fingerprint density at radius 1 is 1.50 bits per heavy atom. The zero-order valence-corrected chi connectivity index (χ0v) is 13.0. The molecule has 0 saturated carbocycles. The van der Waals surface area contributed by atoms with Crippen molar-refractivity contribution in [2.45, 2.75) is 19.1 Å². The monoisotopic (exact) mass is 341 g/mol. The van der Waals surface area contributed by atoms with Crippen molar-refractivity contribution in [2.75, 3.05) is 6.54 Å². The van der Waals surface area contributed by atoms with E-state index in [2.05, 4.69) is 26.3 Å². The third-order valence-corrected chi connectivity index (χ3v) is 3.89. The van der Waals surface area contributed by atoms with Crippen LogP contribution < -0.4 is 5.32 Å². The van der Waals surface area contributed by atoms with Crippen molar-refractivity contribution in [1.29, 1.82) is 0 Å². The molecule has 0 spiro atoms. The number of halogens is 2. The van der Waals surface area contributed by atoms with Crippen molar-refractivity contribution in [2.24, 2.45) is 7.05 Å². The number of nitrogens with zero attached hydrogens (tertiary/aromatic N) is 2. The van der Waals surface area contributed by atoms with E-state index in [0.29, 0.717) is 13.1 Å². The number of aromatic nitrogens is 2. The summed E-state index contributed by atoms with van der Waals surface area (Å²) in [6.45, 7) is 2.54. The van der Waals surface area contributed by atoms with E-state index >= 15 is 0 Å². The van der Waals surface area contributed by atoms with E-state index in [0.717, 1.165) is 15.6 Å². The van der Waals surface area contributed by atoms with Crippen LogP contribution >= 0.6 is 15.9 Å². The van der Waals surface area contributed by atoms with Crippen LogP contribution in [0.1, 0.15) is 18.1 Å². The second-order valence-electron chi connectivity index (χ2n) is 5.02. The molecule has 1 aromatic carbocycles. The normalized spacial score (nSPS) is 14.2. The number of benzene rings is 1. The van der Waals surface area contributed by atoms with Gasteiger partial charge in [0.15, 0.2) is 0 Å². The summed E-state index contributed by atoms with van der Waals surface area (Å²) in [6, 6.07) is 4.54. The van der Waals surface area contributed by atoms with Crippen molar-refractivity contribution >= 4 is 15.9 Å². The van der Waals surface area contributed by atoms with Crippen LogP contribution in [0.5, 0.6) is 0 Å². The van der Waals surface area contributed by atoms with Crippen LogP contribution in [0.4, 0.5) is 4.39 Å². The lowest BCUT2D eigenvalue weighted by Crippen LogP contribution is -2.35. The lowest BCUT2D eigenvalue weighted by Gasteiger charge is -2.22. The molecule has 0 radical (unpaired) electrons. The zero-order chi connectivity index (χ0) is 14.8. The molecule has 0 fully saturated rings. The summed E-state index contributed by atoms with van der Waals surface area (Å²) in [6.07, 6.45) is 3.42. The van der Waals surface area contributed by atoms with E-state index < -0.39 is 5.60 Å². The molecule has 0 bridgehead atoms.